The van der Waals surface area contributed by atoms with Gasteiger partial charge in [-0.3, -0.25) is 9.89 Å². The molecule has 1 aromatic heterocycles. The van der Waals surface area contributed by atoms with Crippen molar-refractivity contribution in [2.45, 2.75) is 13.0 Å². The summed E-state index contributed by atoms with van der Waals surface area (Å²) in [5.41, 5.74) is 6.74. The molecule has 2 rings (SSSR count). The Morgan fingerprint density at radius 1 is 1.56 bits per heavy atom. The summed E-state index contributed by atoms with van der Waals surface area (Å²) < 4.78 is 0.590. The maximum absolute atomic E-state index is 12.1. The highest BCUT2D eigenvalue weighted by Crippen LogP contribution is 2.24. The maximum Gasteiger partial charge on any atom is 0.253 e. The topological polar surface area (TPSA) is 96.7 Å². The number of nitrogens with zero attached hydrogens (tertiary/aromatic N) is 2. The lowest BCUT2D eigenvalue weighted by molar-refractivity contribution is 0.0937. The third-order valence-electron chi connectivity index (χ3n) is 2.46. The van der Waals surface area contributed by atoms with E-state index in [0.717, 1.165) is 0 Å². The summed E-state index contributed by atoms with van der Waals surface area (Å²) in [6.07, 6.45) is 1.40. The van der Waals surface area contributed by atoms with Crippen LogP contribution in [-0.4, -0.2) is 21.1 Å². The molecule has 94 valence electrons. The van der Waals surface area contributed by atoms with Gasteiger partial charge in [-0.1, -0.05) is 6.07 Å². The van der Waals surface area contributed by atoms with Crippen molar-refractivity contribution in [1.29, 1.82) is 0 Å². The molecule has 0 saturated heterocycles. The molecule has 6 nitrogen and oxygen atoms in total. The van der Waals surface area contributed by atoms with Gasteiger partial charge in [0.05, 0.1) is 16.1 Å². The number of nitrogens with two attached hydrogens (primary N) is 1. The second-order valence-corrected chi connectivity index (χ2v) is 4.57. The number of carbonyl (C=O) groups excluding carboxylic acids is 1. The SMILES string of the molecule is CC(NC(=O)c1cccc(N)c1Br)c1ncn[nH]1. The molecular formula is C11H12BrN5O. The zero-order valence-corrected chi connectivity index (χ0v) is 11.2. The van der Waals surface area contributed by atoms with Crippen LogP contribution in [0.4, 0.5) is 5.69 Å². The number of aromatic amines is 1. The predicted molar refractivity (Wildman–Crippen MR) is 70.8 cm³/mol. The quantitative estimate of drug-likeness (QED) is 0.751. The zero-order chi connectivity index (χ0) is 13.1. The first kappa shape index (κ1) is 12.6. The van der Waals surface area contributed by atoms with E-state index in [0.29, 0.717) is 21.5 Å². The van der Waals surface area contributed by atoms with Gasteiger partial charge >= 0.3 is 0 Å². The molecule has 0 aliphatic rings. The van der Waals surface area contributed by atoms with Gasteiger partial charge in [0.2, 0.25) is 0 Å². The summed E-state index contributed by atoms with van der Waals surface area (Å²) >= 11 is 3.30. The standard InChI is InChI=1S/C11H12BrN5O/c1-6(10-14-5-15-17-10)16-11(18)7-3-2-4-8(13)9(7)12/h2-6H,13H2,1H3,(H,16,18)(H,14,15,17). The molecule has 18 heavy (non-hydrogen) atoms. The van der Waals surface area contributed by atoms with E-state index in [1.165, 1.54) is 6.33 Å². The fourth-order valence-corrected chi connectivity index (χ4v) is 1.94. The highest BCUT2D eigenvalue weighted by Gasteiger charge is 2.16. The Labute approximate surface area is 112 Å². The first-order valence-electron chi connectivity index (χ1n) is 5.29. The number of carbonyl (C=O) groups is 1. The number of rotatable bonds is 3. The van der Waals surface area contributed by atoms with E-state index in [1.807, 2.05) is 6.92 Å². The number of nitrogen functional groups attached to an aromatic ring is 1. The van der Waals surface area contributed by atoms with Crippen molar-refractivity contribution >= 4 is 27.5 Å². The van der Waals surface area contributed by atoms with Crippen molar-refractivity contribution in [3.05, 3.63) is 40.4 Å². The molecule has 2 aromatic rings. The molecule has 0 aliphatic carbocycles. The minimum absolute atomic E-state index is 0.224. The Kier molecular flexibility index (Phi) is 3.61. The maximum atomic E-state index is 12.1. The predicted octanol–water partition coefficient (Wildman–Crippen LogP) is 1.64. The van der Waals surface area contributed by atoms with Gasteiger partial charge in [-0.25, -0.2) is 4.98 Å². The molecule has 7 heteroatoms. The number of anilines is 1. The van der Waals surface area contributed by atoms with E-state index in [2.05, 4.69) is 36.4 Å². The fourth-order valence-electron chi connectivity index (χ4n) is 1.49. The summed E-state index contributed by atoms with van der Waals surface area (Å²) in [7, 11) is 0. The van der Waals surface area contributed by atoms with Crippen LogP contribution in [0.5, 0.6) is 0 Å². The Morgan fingerprint density at radius 3 is 3.00 bits per heavy atom. The number of amides is 1. The second-order valence-electron chi connectivity index (χ2n) is 3.77. The Balaban J connectivity index is 2.15. The van der Waals surface area contributed by atoms with Gasteiger partial charge in [-0.2, -0.15) is 5.10 Å². The van der Waals surface area contributed by atoms with Crippen molar-refractivity contribution in [3.63, 3.8) is 0 Å². The molecule has 0 bridgehead atoms. The van der Waals surface area contributed by atoms with Gasteiger partial charge in [0.1, 0.15) is 12.2 Å². The largest absolute Gasteiger partial charge is 0.398 e. The molecule has 0 saturated carbocycles. The summed E-state index contributed by atoms with van der Waals surface area (Å²) in [5.74, 6) is 0.376. The van der Waals surface area contributed by atoms with Crippen LogP contribution in [0.3, 0.4) is 0 Å². The van der Waals surface area contributed by atoms with Gasteiger partial charge < -0.3 is 11.1 Å². The van der Waals surface area contributed by atoms with Crippen LogP contribution in [0, 0.1) is 0 Å². The Hall–Kier alpha value is -1.89. The number of benzene rings is 1. The third-order valence-corrected chi connectivity index (χ3v) is 3.35. The third kappa shape index (κ3) is 2.51. The number of H-pyrrole nitrogens is 1. The van der Waals surface area contributed by atoms with E-state index in [1.54, 1.807) is 18.2 Å². The monoisotopic (exact) mass is 309 g/mol. The molecule has 0 spiro atoms. The molecular weight excluding hydrogens is 298 g/mol. The van der Waals surface area contributed by atoms with Crippen LogP contribution in [0.25, 0.3) is 0 Å². The minimum atomic E-state index is -0.256. The number of hydrogen-bond donors (Lipinski definition) is 3. The summed E-state index contributed by atoms with van der Waals surface area (Å²) in [6.45, 7) is 1.82. The smallest absolute Gasteiger partial charge is 0.253 e. The first-order chi connectivity index (χ1) is 8.59. The lowest BCUT2D eigenvalue weighted by atomic mass is 10.2. The lowest BCUT2D eigenvalue weighted by Gasteiger charge is -2.12. The van der Waals surface area contributed by atoms with Gasteiger partial charge in [-0.05, 0) is 35.0 Å². The van der Waals surface area contributed by atoms with Crippen molar-refractivity contribution in [3.8, 4) is 0 Å². The van der Waals surface area contributed by atoms with E-state index in [-0.39, 0.29) is 11.9 Å². The first-order valence-corrected chi connectivity index (χ1v) is 6.09. The highest BCUT2D eigenvalue weighted by atomic mass is 79.9. The molecule has 1 unspecified atom stereocenters. The number of nitrogens with one attached hydrogen (secondary N) is 2. The van der Waals surface area contributed by atoms with Gasteiger partial charge in [-0.15, -0.1) is 0 Å². The average molecular weight is 310 g/mol. The van der Waals surface area contributed by atoms with Crippen molar-refractivity contribution in [2.24, 2.45) is 0 Å². The summed E-state index contributed by atoms with van der Waals surface area (Å²) in [6, 6.07) is 4.89. The highest BCUT2D eigenvalue weighted by molar-refractivity contribution is 9.10. The number of aromatic nitrogens is 3. The van der Waals surface area contributed by atoms with Crippen molar-refractivity contribution in [2.75, 3.05) is 5.73 Å². The second kappa shape index (κ2) is 5.18. The Bertz CT molecular complexity index is 555. The van der Waals surface area contributed by atoms with Gasteiger partial charge in [0, 0.05) is 5.69 Å². The van der Waals surface area contributed by atoms with Crippen molar-refractivity contribution in [1.82, 2.24) is 20.5 Å². The van der Waals surface area contributed by atoms with Crippen LogP contribution < -0.4 is 11.1 Å². The summed E-state index contributed by atoms with van der Waals surface area (Å²) in [5, 5.41) is 9.25. The van der Waals surface area contributed by atoms with E-state index in [4.69, 9.17) is 5.73 Å². The average Bonchev–Trinajstić information content (AvgIpc) is 2.86. The van der Waals surface area contributed by atoms with E-state index >= 15 is 0 Å². The van der Waals surface area contributed by atoms with Crippen LogP contribution in [-0.2, 0) is 0 Å². The zero-order valence-electron chi connectivity index (χ0n) is 9.64. The number of halogens is 1. The van der Waals surface area contributed by atoms with E-state index in [9.17, 15) is 4.79 Å². The molecule has 0 radical (unpaired) electrons. The van der Waals surface area contributed by atoms with E-state index < -0.39 is 0 Å². The fraction of sp³-hybridized carbons (Fsp3) is 0.182. The van der Waals surface area contributed by atoms with Crippen LogP contribution in [0.2, 0.25) is 0 Å². The van der Waals surface area contributed by atoms with Gasteiger partial charge in [0.25, 0.3) is 5.91 Å². The molecule has 1 amide bonds. The van der Waals surface area contributed by atoms with Crippen LogP contribution in [0.15, 0.2) is 29.0 Å². The number of hydrogen-bond acceptors (Lipinski definition) is 4. The molecule has 1 heterocycles. The van der Waals surface area contributed by atoms with Crippen molar-refractivity contribution < 1.29 is 4.79 Å². The minimum Gasteiger partial charge on any atom is -0.398 e. The van der Waals surface area contributed by atoms with Gasteiger partial charge in [0.15, 0.2) is 0 Å². The molecule has 0 aliphatic heterocycles. The molecule has 1 aromatic carbocycles. The molecule has 4 N–H and O–H groups in total. The molecule has 1 atom stereocenters. The summed E-state index contributed by atoms with van der Waals surface area (Å²) in [4.78, 5) is 16.0. The normalized spacial score (nSPS) is 12.1. The van der Waals surface area contributed by atoms with Crippen LogP contribution >= 0.6 is 15.9 Å². The van der Waals surface area contributed by atoms with Crippen LogP contribution in [0.1, 0.15) is 29.1 Å². The lowest BCUT2D eigenvalue weighted by Crippen LogP contribution is -2.27. The molecule has 0 fully saturated rings. The Morgan fingerprint density at radius 2 is 2.33 bits per heavy atom.